The molecule has 0 aromatic heterocycles. The zero-order valence-corrected chi connectivity index (χ0v) is 11.7. The Hall–Kier alpha value is -0.660. The van der Waals surface area contributed by atoms with E-state index in [0.29, 0.717) is 11.8 Å². The van der Waals surface area contributed by atoms with Gasteiger partial charge in [-0.15, -0.1) is 0 Å². The Balaban J connectivity index is 2.17. The summed E-state index contributed by atoms with van der Waals surface area (Å²) in [7, 11) is 0. The SMILES string of the molecule is CC(C=C(O)O)(C1CCCCC1)C1CCCCC1. The highest BCUT2D eigenvalue weighted by atomic mass is 16.5. The van der Waals surface area contributed by atoms with Crippen molar-refractivity contribution in [2.45, 2.75) is 71.1 Å². The molecule has 2 rings (SSSR count). The van der Waals surface area contributed by atoms with E-state index in [-0.39, 0.29) is 5.41 Å². The first kappa shape index (κ1) is 13.8. The summed E-state index contributed by atoms with van der Waals surface area (Å²) >= 11 is 0. The monoisotopic (exact) mass is 252 g/mol. The van der Waals surface area contributed by atoms with E-state index in [9.17, 15) is 10.2 Å². The summed E-state index contributed by atoms with van der Waals surface area (Å²) in [5.41, 5.74) is -0.000324. The first-order valence-electron chi connectivity index (χ1n) is 7.73. The zero-order valence-electron chi connectivity index (χ0n) is 11.7. The van der Waals surface area contributed by atoms with Crippen LogP contribution in [0.2, 0.25) is 0 Å². The van der Waals surface area contributed by atoms with E-state index < -0.39 is 5.95 Å². The Morgan fingerprint density at radius 2 is 1.22 bits per heavy atom. The molecular weight excluding hydrogens is 224 g/mol. The fourth-order valence-electron chi connectivity index (χ4n) is 4.30. The van der Waals surface area contributed by atoms with Crippen LogP contribution < -0.4 is 0 Å². The van der Waals surface area contributed by atoms with Crippen molar-refractivity contribution in [1.82, 2.24) is 0 Å². The zero-order chi connectivity index (χ0) is 13.0. The Morgan fingerprint density at radius 1 is 0.833 bits per heavy atom. The molecule has 0 spiro atoms. The summed E-state index contributed by atoms with van der Waals surface area (Å²) in [6.07, 6.45) is 14.8. The largest absolute Gasteiger partial charge is 0.481 e. The van der Waals surface area contributed by atoms with Crippen molar-refractivity contribution in [2.24, 2.45) is 17.3 Å². The maximum atomic E-state index is 9.37. The van der Waals surface area contributed by atoms with Crippen molar-refractivity contribution in [3.05, 3.63) is 12.0 Å². The van der Waals surface area contributed by atoms with Gasteiger partial charge in [0.2, 0.25) is 0 Å². The lowest BCUT2D eigenvalue weighted by Gasteiger charge is -2.45. The molecule has 0 unspecified atom stereocenters. The Bertz CT molecular complexity index is 261. The summed E-state index contributed by atoms with van der Waals surface area (Å²) < 4.78 is 0. The third-order valence-electron chi connectivity index (χ3n) is 5.41. The fourth-order valence-corrected chi connectivity index (χ4v) is 4.30. The van der Waals surface area contributed by atoms with Gasteiger partial charge in [0.1, 0.15) is 0 Å². The van der Waals surface area contributed by atoms with E-state index in [1.54, 1.807) is 6.08 Å². The number of aliphatic hydroxyl groups is 2. The van der Waals surface area contributed by atoms with Crippen LogP contribution in [0.5, 0.6) is 0 Å². The van der Waals surface area contributed by atoms with E-state index in [1.807, 2.05) is 0 Å². The van der Waals surface area contributed by atoms with E-state index in [2.05, 4.69) is 6.92 Å². The van der Waals surface area contributed by atoms with Crippen molar-refractivity contribution in [1.29, 1.82) is 0 Å². The molecule has 0 atom stereocenters. The maximum Gasteiger partial charge on any atom is 0.270 e. The average molecular weight is 252 g/mol. The Morgan fingerprint density at radius 3 is 1.56 bits per heavy atom. The predicted molar refractivity (Wildman–Crippen MR) is 74.6 cm³/mol. The van der Waals surface area contributed by atoms with Crippen LogP contribution >= 0.6 is 0 Å². The molecule has 2 N–H and O–H groups in total. The molecule has 0 saturated heterocycles. The van der Waals surface area contributed by atoms with Crippen molar-refractivity contribution >= 4 is 0 Å². The second kappa shape index (κ2) is 5.99. The Labute approximate surface area is 111 Å². The highest BCUT2D eigenvalue weighted by molar-refractivity contribution is 5.05. The van der Waals surface area contributed by atoms with Gasteiger partial charge in [-0.2, -0.15) is 0 Å². The predicted octanol–water partition coefficient (Wildman–Crippen LogP) is 5.11. The van der Waals surface area contributed by atoms with Gasteiger partial charge in [0.25, 0.3) is 5.95 Å². The topological polar surface area (TPSA) is 40.5 Å². The molecule has 0 heterocycles. The van der Waals surface area contributed by atoms with Gasteiger partial charge in [-0.25, -0.2) is 0 Å². The summed E-state index contributed by atoms with van der Waals surface area (Å²) in [5.74, 6) is 0.820. The van der Waals surface area contributed by atoms with Gasteiger partial charge in [0, 0.05) is 6.08 Å². The Kier molecular flexibility index (Phi) is 4.58. The molecule has 2 aliphatic rings. The van der Waals surface area contributed by atoms with Gasteiger partial charge < -0.3 is 10.2 Å². The quantitative estimate of drug-likeness (QED) is 0.685. The van der Waals surface area contributed by atoms with Crippen LogP contribution in [-0.4, -0.2) is 10.2 Å². The summed E-state index contributed by atoms with van der Waals surface area (Å²) in [4.78, 5) is 0. The fraction of sp³-hybridized carbons (Fsp3) is 0.875. The molecule has 2 heteroatoms. The summed E-state index contributed by atoms with van der Waals surface area (Å²) in [6, 6.07) is 0. The molecule has 0 aromatic carbocycles. The molecular formula is C16H28O2. The van der Waals surface area contributed by atoms with E-state index >= 15 is 0 Å². The van der Waals surface area contributed by atoms with Crippen molar-refractivity contribution < 1.29 is 10.2 Å². The standard InChI is InChI=1S/C16H28O2/c1-16(12-15(17)18,13-8-4-2-5-9-13)14-10-6-3-7-11-14/h12-14,17-18H,2-11H2,1H3. The minimum atomic E-state index is -0.464. The third-order valence-corrected chi connectivity index (χ3v) is 5.41. The van der Waals surface area contributed by atoms with Crippen molar-refractivity contribution in [3.8, 4) is 0 Å². The second-order valence-corrected chi connectivity index (χ2v) is 6.54. The molecule has 2 aliphatic carbocycles. The molecule has 0 bridgehead atoms. The van der Waals surface area contributed by atoms with Crippen LogP contribution in [0.1, 0.15) is 71.1 Å². The molecule has 2 saturated carbocycles. The maximum absolute atomic E-state index is 9.37. The van der Waals surface area contributed by atoms with Crippen LogP contribution in [0, 0.1) is 17.3 Å². The van der Waals surface area contributed by atoms with Crippen LogP contribution in [0.25, 0.3) is 0 Å². The van der Waals surface area contributed by atoms with Crippen LogP contribution in [0.15, 0.2) is 12.0 Å². The van der Waals surface area contributed by atoms with E-state index in [4.69, 9.17) is 0 Å². The highest BCUT2D eigenvalue weighted by Gasteiger charge is 2.40. The van der Waals surface area contributed by atoms with Gasteiger partial charge in [0.15, 0.2) is 0 Å². The lowest BCUT2D eigenvalue weighted by Crippen LogP contribution is -2.36. The number of hydrogen-bond donors (Lipinski definition) is 2. The van der Waals surface area contributed by atoms with Crippen LogP contribution in [0.4, 0.5) is 0 Å². The molecule has 0 amide bonds. The highest BCUT2D eigenvalue weighted by Crippen LogP contribution is 2.49. The number of aliphatic hydroxyl groups excluding tert-OH is 1. The van der Waals surface area contributed by atoms with Gasteiger partial charge in [-0.3, -0.25) is 0 Å². The normalized spacial score (nSPS) is 23.8. The van der Waals surface area contributed by atoms with Crippen LogP contribution in [0.3, 0.4) is 0 Å². The van der Waals surface area contributed by atoms with Gasteiger partial charge in [-0.05, 0) is 42.9 Å². The van der Waals surface area contributed by atoms with E-state index in [0.717, 1.165) is 0 Å². The molecule has 104 valence electrons. The summed E-state index contributed by atoms with van der Waals surface area (Å²) in [5, 5.41) is 18.7. The molecule has 2 fully saturated rings. The minimum Gasteiger partial charge on any atom is -0.481 e. The molecule has 18 heavy (non-hydrogen) atoms. The van der Waals surface area contributed by atoms with E-state index in [1.165, 1.54) is 64.2 Å². The third kappa shape index (κ3) is 3.02. The van der Waals surface area contributed by atoms with Crippen molar-refractivity contribution in [2.75, 3.05) is 0 Å². The minimum absolute atomic E-state index is 0.000324. The number of hydrogen-bond acceptors (Lipinski definition) is 2. The van der Waals surface area contributed by atoms with Crippen molar-refractivity contribution in [3.63, 3.8) is 0 Å². The van der Waals surface area contributed by atoms with Gasteiger partial charge in [0.05, 0.1) is 0 Å². The molecule has 2 nitrogen and oxygen atoms in total. The first-order valence-corrected chi connectivity index (χ1v) is 7.73. The van der Waals surface area contributed by atoms with Gasteiger partial charge in [-0.1, -0.05) is 45.4 Å². The first-order chi connectivity index (χ1) is 8.63. The lowest BCUT2D eigenvalue weighted by atomic mass is 9.60. The molecule has 0 radical (unpaired) electrons. The van der Waals surface area contributed by atoms with Gasteiger partial charge >= 0.3 is 0 Å². The summed E-state index contributed by atoms with van der Waals surface area (Å²) in [6.45, 7) is 2.27. The smallest absolute Gasteiger partial charge is 0.270 e. The van der Waals surface area contributed by atoms with Crippen LogP contribution in [-0.2, 0) is 0 Å². The number of allylic oxidation sites excluding steroid dienone is 1. The molecule has 0 aliphatic heterocycles. The molecule has 0 aromatic rings. The lowest BCUT2D eigenvalue weighted by molar-refractivity contribution is 0.0734. The number of rotatable bonds is 3. The second-order valence-electron chi connectivity index (χ2n) is 6.54. The average Bonchev–Trinajstić information content (AvgIpc) is 2.40.